The quantitative estimate of drug-likeness (QED) is 0.766. The van der Waals surface area contributed by atoms with E-state index in [0.29, 0.717) is 6.61 Å². The minimum absolute atomic E-state index is 0.0627. The molecule has 0 radical (unpaired) electrons. The van der Waals surface area contributed by atoms with Crippen LogP contribution < -0.4 is 0 Å². The lowest BCUT2D eigenvalue weighted by Crippen LogP contribution is -2.26. The van der Waals surface area contributed by atoms with Gasteiger partial charge in [0.1, 0.15) is 0 Å². The Kier molecular flexibility index (Phi) is 4.96. The van der Waals surface area contributed by atoms with Crippen molar-refractivity contribution in [1.82, 2.24) is 9.78 Å². The Morgan fingerprint density at radius 2 is 2.16 bits per heavy atom. The SMILES string of the molecule is CCn1cc(COC2CCC(C(=O)OC)CC2)cn1. The third-order valence-electron chi connectivity index (χ3n) is 3.71. The number of carbonyl (C=O) groups excluding carboxylic acids is 1. The molecule has 0 unspecified atom stereocenters. The Morgan fingerprint density at radius 3 is 2.74 bits per heavy atom. The van der Waals surface area contributed by atoms with Crippen LogP contribution in [-0.4, -0.2) is 29.0 Å². The second-order valence-corrected chi connectivity index (χ2v) is 5.01. The maximum Gasteiger partial charge on any atom is 0.308 e. The number of nitrogens with zero attached hydrogens (tertiary/aromatic N) is 2. The molecule has 0 saturated heterocycles. The number of methoxy groups -OCH3 is 1. The van der Waals surface area contributed by atoms with Crippen molar-refractivity contribution in [2.75, 3.05) is 7.11 Å². The van der Waals surface area contributed by atoms with Crippen LogP contribution in [0.15, 0.2) is 12.4 Å². The highest BCUT2D eigenvalue weighted by atomic mass is 16.5. The number of rotatable bonds is 5. The van der Waals surface area contributed by atoms with Crippen molar-refractivity contribution in [3.8, 4) is 0 Å². The van der Waals surface area contributed by atoms with Crippen LogP contribution in [0.5, 0.6) is 0 Å². The normalized spacial score (nSPS) is 23.3. The fraction of sp³-hybridized carbons (Fsp3) is 0.714. The molecule has 1 aromatic rings. The number of ether oxygens (including phenoxy) is 2. The average molecular weight is 266 g/mol. The zero-order chi connectivity index (χ0) is 13.7. The van der Waals surface area contributed by atoms with Gasteiger partial charge in [-0.1, -0.05) is 0 Å². The standard InChI is InChI=1S/C14H22N2O3/c1-3-16-9-11(8-15-16)10-19-13-6-4-12(5-7-13)14(17)18-2/h8-9,12-13H,3-7,10H2,1-2H3. The number of aryl methyl sites for hydroxylation is 1. The summed E-state index contributed by atoms with van der Waals surface area (Å²) in [4.78, 5) is 11.4. The molecule has 0 spiro atoms. The van der Waals surface area contributed by atoms with Gasteiger partial charge in [0.05, 0.1) is 31.9 Å². The van der Waals surface area contributed by atoms with Gasteiger partial charge in [-0.25, -0.2) is 0 Å². The molecule has 0 aliphatic heterocycles. The lowest BCUT2D eigenvalue weighted by Gasteiger charge is -2.26. The molecule has 1 aliphatic carbocycles. The molecule has 0 aromatic carbocycles. The smallest absolute Gasteiger partial charge is 0.308 e. The number of hydrogen-bond donors (Lipinski definition) is 0. The molecule has 1 aromatic heterocycles. The number of aromatic nitrogens is 2. The van der Waals surface area contributed by atoms with E-state index in [9.17, 15) is 4.79 Å². The summed E-state index contributed by atoms with van der Waals surface area (Å²) in [6.07, 6.45) is 7.72. The Morgan fingerprint density at radius 1 is 1.42 bits per heavy atom. The van der Waals surface area contributed by atoms with Crippen LogP contribution in [0.25, 0.3) is 0 Å². The Labute approximate surface area is 113 Å². The Bertz CT molecular complexity index is 409. The van der Waals surface area contributed by atoms with Gasteiger partial charge >= 0.3 is 5.97 Å². The first-order chi connectivity index (χ1) is 9.22. The van der Waals surface area contributed by atoms with Gasteiger partial charge in [0.25, 0.3) is 0 Å². The molecule has 0 bridgehead atoms. The first-order valence-electron chi connectivity index (χ1n) is 6.93. The van der Waals surface area contributed by atoms with Gasteiger partial charge in [0.2, 0.25) is 0 Å². The van der Waals surface area contributed by atoms with E-state index in [1.54, 1.807) is 0 Å². The molecule has 0 atom stereocenters. The molecule has 2 rings (SSSR count). The average Bonchev–Trinajstić information content (AvgIpc) is 2.93. The molecular weight excluding hydrogens is 244 g/mol. The molecule has 1 fully saturated rings. The van der Waals surface area contributed by atoms with Crippen molar-refractivity contribution in [2.24, 2.45) is 5.92 Å². The molecule has 106 valence electrons. The first kappa shape index (κ1) is 14.1. The Hall–Kier alpha value is -1.36. The highest BCUT2D eigenvalue weighted by Gasteiger charge is 2.27. The molecule has 1 heterocycles. The van der Waals surface area contributed by atoms with E-state index in [2.05, 4.69) is 12.0 Å². The second-order valence-electron chi connectivity index (χ2n) is 5.01. The van der Waals surface area contributed by atoms with Gasteiger partial charge in [0, 0.05) is 18.3 Å². The second kappa shape index (κ2) is 6.70. The minimum Gasteiger partial charge on any atom is -0.469 e. The van der Waals surface area contributed by atoms with E-state index in [1.807, 2.05) is 17.1 Å². The van der Waals surface area contributed by atoms with Crippen molar-refractivity contribution >= 4 is 5.97 Å². The summed E-state index contributed by atoms with van der Waals surface area (Å²) >= 11 is 0. The van der Waals surface area contributed by atoms with E-state index in [1.165, 1.54) is 7.11 Å². The Balaban J connectivity index is 1.72. The molecule has 5 nitrogen and oxygen atoms in total. The van der Waals surface area contributed by atoms with E-state index in [0.717, 1.165) is 37.8 Å². The summed E-state index contributed by atoms with van der Waals surface area (Å²) in [6.45, 7) is 3.55. The van der Waals surface area contributed by atoms with Gasteiger partial charge in [-0.3, -0.25) is 9.48 Å². The number of esters is 1. The van der Waals surface area contributed by atoms with E-state index in [-0.39, 0.29) is 18.0 Å². The lowest BCUT2D eigenvalue weighted by molar-refractivity contribution is -0.147. The predicted molar refractivity (Wildman–Crippen MR) is 70.5 cm³/mol. The molecular formula is C14H22N2O3. The number of carbonyl (C=O) groups is 1. The fourth-order valence-corrected chi connectivity index (χ4v) is 2.50. The zero-order valence-corrected chi connectivity index (χ0v) is 11.7. The van der Waals surface area contributed by atoms with Crippen LogP contribution in [-0.2, 0) is 27.4 Å². The minimum atomic E-state index is -0.0809. The third-order valence-corrected chi connectivity index (χ3v) is 3.71. The summed E-state index contributed by atoms with van der Waals surface area (Å²) in [7, 11) is 1.45. The molecule has 0 amide bonds. The summed E-state index contributed by atoms with van der Waals surface area (Å²) in [5.41, 5.74) is 1.11. The molecule has 1 saturated carbocycles. The van der Waals surface area contributed by atoms with Crippen molar-refractivity contribution in [1.29, 1.82) is 0 Å². The van der Waals surface area contributed by atoms with Gasteiger partial charge in [0.15, 0.2) is 0 Å². The van der Waals surface area contributed by atoms with Crippen LogP contribution in [0.3, 0.4) is 0 Å². The fourth-order valence-electron chi connectivity index (χ4n) is 2.50. The van der Waals surface area contributed by atoms with Crippen molar-refractivity contribution < 1.29 is 14.3 Å². The summed E-state index contributed by atoms with van der Waals surface area (Å²) < 4.78 is 12.6. The summed E-state index contributed by atoms with van der Waals surface area (Å²) in [6, 6.07) is 0. The third kappa shape index (κ3) is 3.80. The molecule has 19 heavy (non-hydrogen) atoms. The van der Waals surface area contributed by atoms with Gasteiger partial charge in [-0.2, -0.15) is 5.10 Å². The van der Waals surface area contributed by atoms with Gasteiger partial charge in [-0.15, -0.1) is 0 Å². The van der Waals surface area contributed by atoms with Crippen molar-refractivity contribution in [3.63, 3.8) is 0 Å². The maximum atomic E-state index is 11.4. The zero-order valence-electron chi connectivity index (χ0n) is 11.7. The largest absolute Gasteiger partial charge is 0.469 e. The van der Waals surface area contributed by atoms with Crippen LogP contribution in [0.2, 0.25) is 0 Å². The lowest BCUT2D eigenvalue weighted by atomic mass is 9.87. The van der Waals surface area contributed by atoms with E-state index < -0.39 is 0 Å². The van der Waals surface area contributed by atoms with E-state index >= 15 is 0 Å². The van der Waals surface area contributed by atoms with Gasteiger partial charge in [-0.05, 0) is 32.6 Å². The highest BCUT2D eigenvalue weighted by Crippen LogP contribution is 2.27. The maximum absolute atomic E-state index is 11.4. The van der Waals surface area contributed by atoms with Gasteiger partial charge < -0.3 is 9.47 Å². The summed E-state index contributed by atoms with van der Waals surface area (Å²) in [5.74, 6) is -0.0182. The van der Waals surface area contributed by atoms with E-state index in [4.69, 9.17) is 9.47 Å². The highest BCUT2D eigenvalue weighted by molar-refractivity contribution is 5.72. The topological polar surface area (TPSA) is 53.4 Å². The predicted octanol–water partition coefficient (Wildman–Crippen LogP) is 2.15. The molecule has 0 N–H and O–H groups in total. The first-order valence-corrected chi connectivity index (χ1v) is 6.93. The van der Waals surface area contributed by atoms with Crippen LogP contribution >= 0.6 is 0 Å². The molecule has 1 aliphatic rings. The van der Waals surface area contributed by atoms with Crippen molar-refractivity contribution in [2.45, 2.75) is 51.9 Å². The van der Waals surface area contributed by atoms with Crippen LogP contribution in [0.1, 0.15) is 38.2 Å². The monoisotopic (exact) mass is 266 g/mol. The summed E-state index contributed by atoms with van der Waals surface area (Å²) in [5, 5.41) is 4.22. The van der Waals surface area contributed by atoms with Crippen molar-refractivity contribution in [3.05, 3.63) is 18.0 Å². The molecule has 5 heteroatoms. The van der Waals surface area contributed by atoms with Crippen LogP contribution in [0.4, 0.5) is 0 Å². The number of hydrogen-bond acceptors (Lipinski definition) is 4. The van der Waals surface area contributed by atoms with Crippen LogP contribution in [0, 0.1) is 5.92 Å².